The Morgan fingerprint density at radius 2 is 1.97 bits per heavy atom. The van der Waals surface area contributed by atoms with Gasteiger partial charge in [0.1, 0.15) is 16.9 Å². The lowest BCUT2D eigenvalue weighted by Gasteiger charge is -2.17. The van der Waals surface area contributed by atoms with Gasteiger partial charge in [-0.05, 0) is 36.4 Å². The van der Waals surface area contributed by atoms with E-state index in [0.717, 1.165) is 28.0 Å². The van der Waals surface area contributed by atoms with Crippen LogP contribution in [0.25, 0.3) is 39.0 Å². The van der Waals surface area contributed by atoms with Crippen molar-refractivity contribution < 1.29 is 4.39 Å². The third kappa shape index (κ3) is 2.60. The Hall–Kier alpha value is -3.65. The largest absolute Gasteiger partial charge is 0.338 e. The van der Waals surface area contributed by atoms with E-state index in [1.807, 2.05) is 47.0 Å². The first-order chi connectivity index (χ1) is 14.3. The van der Waals surface area contributed by atoms with Crippen LogP contribution >= 0.6 is 12.1 Å². The maximum absolute atomic E-state index is 14.1. The number of para-hydroxylation sites is 2. The van der Waals surface area contributed by atoms with Crippen LogP contribution in [0.3, 0.4) is 0 Å². The summed E-state index contributed by atoms with van der Waals surface area (Å²) in [5.74, 6) is 0.218. The molecule has 6 rings (SSSR count). The molecular formula is C21H13FN6S. The molecule has 0 fully saturated rings. The number of imidazole rings is 1. The third-order valence-corrected chi connectivity index (χ3v) is 5.64. The monoisotopic (exact) mass is 400 g/mol. The van der Waals surface area contributed by atoms with Crippen LogP contribution in [0.15, 0.2) is 72.8 Å². The first-order valence-electron chi connectivity index (χ1n) is 8.99. The summed E-state index contributed by atoms with van der Waals surface area (Å²) in [6, 6.07) is 10.6. The number of aromatic amines is 1. The number of H-pyrrole nitrogens is 1. The number of fused-ring (bicyclic) bond motifs is 3. The summed E-state index contributed by atoms with van der Waals surface area (Å²) in [6.45, 7) is 0. The molecule has 6 nitrogen and oxygen atoms in total. The summed E-state index contributed by atoms with van der Waals surface area (Å²) in [5.41, 5.74) is 6.01. The maximum atomic E-state index is 14.1. The molecule has 2 aromatic carbocycles. The molecule has 2 aliphatic rings. The van der Waals surface area contributed by atoms with E-state index in [2.05, 4.69) is 25.8 Å². The molecule has 140 valence electrons. The third-order valence-electron chi connectivity index (χ3n) is 4.89. The van der Waals surface area contributed by atoms with Crippen molar-refractivity contribution in [1.82, 2.24) is 29.0 Å². The van der Waals surface area contributed by atoms with Crippen molar-refractivity contribution in [1.29, 1.82) is 0 Å². The van der Waals surface area contributed by atoms with Gasteiger partial charge < -0.3 is 9.71 Å². The van der Waals surface area contributed by atoms with Gasteiger partial charge in [-0.3, -0.25) is 9.29 Å². The van der Waals surface area contributed by atoms with Crippen LogP contribution in [0.2, 0.25) is 0 Å². The molecule has 8 heteroatoms. The molecule has 0 bridgehead atoms. The molecule has 4 heterocycles. The standard InChI is InChI=1S/C21H13FN6S/c22-15-4-2-6-17-20(15)27-21(26-17)14-3-1-5-16-19(14)25-18(11-23-16)12-7-8-28-13(9-12)10-24-29-28/h1-11,24H,(H,26,27). The fourth-order valence-corrected chi connectivity index (χ4v) is 4.10. The summed E-state index contributed by atoms with van der Waals surface area (Å²) in [7, 11) is 0. The van der Waals surface area contributed by atoms with Crippen LogP contribution in [0.5, 0.6) is 0 Å². The van der Waals surface area contributed by atoms with Crippen molar-refractivity contribution in [3.8, 4) is 11.4 Å². The summed E-state index contributed by atoms with van der Waals surface area (Å²) in [6.07, 6.45) is 9.77. The van der Waals surface area contributed by atoms with E-state index in [4.69, 9.17) is 4.98 Å². The van der Waals surface area contributed by atoms with Gasteiger partial charge in [0.25, 0.3) is 0 Å². The molecule has 0 saturated heterocycles. The van der Waals surface area contributed by atoms with Gasteiger partial charge >= 0.3 is 0 Å². The van der Waals surface area contributed by atoms with Crippen molar-refractivity contribution in [3.05, 3.63) is 84.4 Å². The van der Waals surface area contributed by atoms with E-state index in [0.29, 0.717) is 22.4 Å². The molecule has 0 spiro atoms. The van der Waals surface area contributed by atoms with E-state index in [9.17, 15) is 4.39 Å². The Morgan fingerprint density at radius 3 is 2.90 bits per heavy atom. The van der Waals surface area contributed by atoms with E-state index in [1.165, 1.54) is 18.2 Å². The number of hydrogen-bond donors (Lipinski definition) is 2. The van der Waals surface area contributed by atoms with Crippen molar-refractivity contribution in [3.63, 3.8) is 0 Å². The topological polar surface area (TPSA) is 69.7 Å². The second kappa shape index (κ2) is 6.18. The lowest BCUT2D eigenvalue weighted by atomic mass is 10.1. The van der Waals surface area contributed by atoms with Gasteiger partial charge in [-0.15, -0.1) is 0 Å². The summed E-state index contributed by atoms with van der Waals surface area (Å²) in [4.78, 5) is 17.1. The van der Waals surface area contributed by atoms with E-state index < -0.39 is 0 Å². The van der Waals surface area contributed by atoms with Crippen LogP contribution in [0, 0.1) is 5.82 Å². The molecule has 0 unspecified atom stereocenters. The van der Waals surface area contributed by atoms with Gasteiger partial charge in [0.2, 0.25) is 0 Å². The Bertz CT molecular complexity index is 1390. The molecule has 2 aliphatic heterocycles. The van der Waals surface area contributed by atoms with E-state index >= 15 is 0 Å². The Morgan fingerprint density at radius 1 is 1.03 bits per heavy atom. The minimum absolute atomic E-state index is 0.319. The van der Waals surface area contributed by atoms with Gasteiger partial charge in [-0.25, -0.2) is 14.4 Å². The predicted molar refractivity (Wildman–Crippen MR) is 112 cm³/mol. The van der Waals surface area contributed by atoms with Crippen LogP contribution in [-0.2, 0) is 0 Å². The highest BCUT2D eigenvalue weighted by atomic mass is 32.2. The first kappa shape index (κ1) is 16.3. The Kier molecular flexibility index (Phi) is 3.48. The normalized spacial score (nSPS) is 15.4. The fourth-order valence-electron chi connectivity index (χ4n) is 3.48. The lowest BCUT2D eigenvalue weighted by molar-refractivity contribution is 0.637. The maximum Gasteiger partial charge on any atom is 0.151 e. The summed E-state index contributed by atoms with van der Waals surface area (Å²) >= 11 is 1.51. The summed E-state index contributed by atoms with van der Waals surface area (Å²) in [5, 5.41) is 0. The highest BCUT2D eigenvalue weighted by molar-refractivity contribution is 7.95. The highest BCUT2D eigenvalue weighted by Crippen LogP contribution is 2.32. The number of benzene rings is 2. The SMILES string of the molecule is Fc1cccc2[nH]c(-c3cccc4ncc(C5=CC6=CNSN6C=C5)nc34)nc12. The molecule has 0 atom stereocenters. The summed E-state index contributed by atoms with van der Waals surface area (Å²) < 4.78 is 19.3. The molecule has 0 amide bonds. The minimum atomic E-state index is -0.351. The van der Waals surface area contributed by atoms with E-state index in [1.54, 1.807) is 12.3 Å². The molecule has 2 N–H and O–H groups in total. The van der Waals surface area contributed by atoms with Crippen molar-refractivity contribution in [2.24, 2.45) is 0 Å². The van der Waals surface area contributed by atoms with Crippen molar-refractivity contribution >= 4 is 39.8 Å². The van der Waals surface area contributed by atoms with Crippen LogP contribution in [0.4, 0.5) is 4.39 Å². The van der Waals surface area contributed by atoms with Gasteiger partial charge in [-0.1, -0.05) is 12.1 Å². The Labute approximate surface area is 169 Å². The predicted octanol–water partition coefficient (Wildman–Crippen LogP) is 4.53. The molecule has 0 radical (unpaired) electrons. The minimum Gasteiger partial charge on any atom is -0.338 e. The van der Waals surface area contributed by atoms with Crippen LogP contribution in [0.1, 0.15) is 5.69 Å². The van der Waals surface area contributed by atoms with E-state index in [-0.39, 0.29) is 5.82 Å². The average Bonchev–Trinajstić information content (AvgIpc) is 3.40. The molecule has 29 heavy (non-hydrogen) atoms. The highest BCUT2D eigenvalue weighted by Gasteiger charge is 2.18. The number of rotatable bonds is 2. The van der Waals surface area contributed by atoms with Gasteiger partial charge in [-0.2, -0.15) is 0 Å². The second-order valence-corrected chi connectivity index (χ2v) is 7.48. The number of nitrogens with zero attached hydrogens (tertiary/aromatic N) is 4. The van der Waals surface area contributed by atoms with Crippen LogP contribution in [-0.4, -0.2) is 24.2 Å². The number of nitrogens with one attached hydrogen (secondary N) is 2. The molecular weight excluding hydrogens is 387 g/mol. The molecule has 2 aromatic heterocycles. The zero-order valence-electron chi connectivity index (χ0n) is 14.9. The molecule has 4 aromatic rings. The van der Waals surface area contributed by atoms with Gasteiger partial charge in [0.05, 0.1) is 40.8 Å². The number of aromatic nitrogens is 4. The zero-order valence-corrected chi connectivity index (χ0v) is 15.7. The molecule has 0 aliphatic carbocycles. The number of allylic oxidation sites excluding steroid dienone is 3. The Balaban J connectivity index is 1.52. The zero-order chi connectivity index (χ0) is 19.4. The molecule has 0 saturated carbocycles. The van der Waals surface area contributed by atoms with Crippen molar-refractivity contribution in [2.75, 3.05) is 0 Å². The average molecular weight is 400 g/mol. The number of hydrogen-bond acceptors (Lipinski definition) is 6. The number of halogens is 1. The first-order valence-corrected chi connectivity index (χ1v) is 9.76. The van der Waals surface area contributed by atoms with Crippen molar-refractivity contribution in [2.45, 2.75) is 0 Å². The van der Waals surface area contributed by atoms with Gasteiger partial charge in [0, 0.05) is 23.5 Å². The second-order valence-electron chi connectivity index (χ2n) is 6.67. The fraction of sp³-hybridized carbons (Fsp3) is 0. The van der Waals surface area contributed by atoms with Gasteiger partial charge in [0.15, 0.2) is 5.82 Å². The lowest BCUT2D eigenvalue weighted by Crippen LogP contribution is -2.06. The van der Waals surface area contributed by atoms with Crippen LogP contribution < -0.4 is 4.72 Å². The quantitative estimate of drug-likeness (QED) is 0.482. The smallest absolute Gasteiger partial charge is 0.151 e.